The lowest BCUT2D eigenvalue weighted by atomic mass is 9.61. The maximum Gasteiger partial charge on any atom is 0.317 e. The molecule has 0 saturated heterocycles. The van der Waals surface area contributed by atoms with E-state index in [1.807, 2.05) is 19.1 Å². The van der Waals surface area contributed by atoms with Gasteiger partial charge in [-0.3, -0.25) is 14.4 Å². The molecular formula is C21H28O6. The average Bonchev–Trinajstić information content (AvgIpc) is 2.60. The van der Waals surface area contributed by atoms with E-state index in [9.17, 15) is 19.5 Å². The summed E-state index contributed by atoms with van der Waals surface area (Å²) in [6.07, 6.45) is 0.535. The first-order chi connectivity index (χ1) is 12.8. The van der Waals surface area contributed by atoms with Gasteiger partial charge >= 0.3 is 11.9 Å². The second kappa shape index (κ2) is 8.65. The van der Waals surface area contributed by atoms with E-state index in [0.29, 0.717) is 5.56 Å². The van der Waals surface area contributed by atoms with Crippen molar-refractivity contribution in [2.24, 2.45) is 11.8 Å². The molecule has 0 radical (unpaired) electrons. The topological polar surface area (TPSA) is 89.9 Å². The highest BCUT2D eigenvalue weighted by Crippen LogP contribution is 2.46. The van der Waals surface area contributed by atoms with Crippen molar-refractivity contribution in [1.82, 2.24) is 0 Å². The van der Waals surface area contributed by atoms with Crippen molar-refractivity contribution < 1.29 is 29.0 Å². The predicted octanol–water partition coefficient (Wildman–Crippen LogP) is 2.42. The number of carbonyl (C=O) groups excluding carboxylic acids is 3. The smallest absolute Gasteiger partial charge is 0.317 e. The molecule has 1 aromatic carbocycles. The Hall–Kier alpha value is -2.21. The monoisotopic (exact) mass is 376 g/mol. The average molecular weight is 376 g/mol. The lowest BCUT2D eigenvalue weighted by molar-refractivity contribution is -0.172. The summed E-state index contributed by atoms with van der Waals surface area (Å²) in [5, 5.41) is 10.9. The number of carbonyl (C=O) groups is 3. The van der Waals surface area contributed by atoms with Gasteiger partial charge in [0.15, 0.2) is 5.78 Å². The lowest BCUT2D eigenvalue weighted by Gasteiger charge is -2.43. The first kappa shape index (κ1) is 21.1. The Balaban J connectivity index is 2.59. The lowest BCUT2D eigenvalue weighted by Crippen LogP contribution is -2.55. The van der Waals surface area contributed by atoms with Crippen LogP contribution in [-0.2, 0) is 30.3 Å². The third-order valence-electron chi connectivity index (χ3n) is 5.12. The molecule has 0 spiro atoms. The maximum absolute atomic E-state index is 12.7. The Kier molecular flexibility index (Phi) is 6.76. The standard InChI is InChI=1S/C21H28O6/c1-5-13-8-10-14(11-9-13)16-17(19(23)26-6-2)15(22)12-21(4,25)18(16)20(24)27-7-3/h8-11,16-18,25H,5-7,12H2,1-4H3/t16-,17+,18+,21-/m0/s1. The fourth-order valence-corrected chi connectivity index (χ4v) is 3.86. The van der Waals surface area contributed by atoms with E-state index in [-0.39, 0.29) is 19.6 Å². The molecule has 0 aromatic heterocycles. The van der Waals surface area contributed by atoms with Crippen molar-refractivity contribution in [3.63, 3.8) is 0 Å². The molecule has 4 atom stereocenters. The molecule has 1 aliphatic rings. The van der Waals surface area contributed by atoms with Crippen LogP contribution in [0, 0.1) is 11.8 Å². The first-order valence-corrected chi connectivity index (χ1v) is 9.43. The zero-order valence-corrected chi connectivity index (χ0v) is 16.4. The molecular weight excluding hydrogens is 348 g/mol. The number of hydrogen-bond acceptors (Lipinski definition) is 6. The van der Waals surface area contributed by atoms with Crippen molar-refractivity contribution in [3.05, 3.63) is 35.4 Å². The minimum atomic E-state index is -1.61. The molecule has 1 aliphatic carbocycles. The van der Waals surface area contributed by atoms with Crippen molar-refractivity contribution in [1.29, 1.82) is 0 Å². The fraction of sp³-hybridized carbons (Fsp3) is 0.571. The van der Waals surface area contributed by atoms with Crippen molar-refractivity contribution in [3.8, 4) is 0 Å². The third-order valence-corrected chi connectivity index (χ3v) is 5.12. The zero-order valence-electron chi connectivity index (χ0n) is 16.4. The molecule has 1 N–H and O–H groups in total. The molecule has 1 fully saturated rings. The molecule has 2 rings (SSSR count). The molecule has 148 valence electrons. The minimum Gasteiger partial charge on any atom is -0.466 e. The van der Waals surface area contributed by atoms with Gasteiger partial charge in [-0.1, -0.05) is 31.2 Å². The predicted molar refractivity (Wildman–Crippen MR) is 99.1 cm³/mol. The van der Waals surface area contributed by atoms with E-state index < -0.39 is 41.1 Å². The van der Waals surface area contributed by atoms with E-state index in [4.69, 9.17) is 9.47 Å². The van der Waals surface area contributed by atoms with E-state index in [1.54, 1.807) is 26.0 Å². The summed E-state index contributed by atoms with van der Waals surface area (Å²) in [6.45, 7) is 7.08. The van der Waals surface area contributed by atoms with Crippen LogP contribution in [0.25, 0.3) is 0 Å². The van der Waals surface area contributed by atoms with Gasteiger partial charge in [0.1, 0.15) is 5.92 Å². The van der Waals surface area contributed by atoms with Gasteiger partial charge in [0, 0.05) is 12.3 Å². The number of rotatable bonds is 6. The van der Waals surface area contributed by atoms with Crippen LogP contribution < -0.4 is 0 Å². The van der Waals surface area contributed by atoms with E-state index in [0.717, 1.165) is 12.0 Å². The van der Waals surface area contributed by atoms with Crippen LogP contribution in [0.3, 0.4) is 0 Å². The van der Waals surface area contributed by atoms with Crippen LogP contribution in [0.4, 0.5) is 0 Å². The van der Waals surface area contributed by atoms with Gasteiger partial charge in [0.05, 0.1) is 24.7 Å². The van der Waals surface area contributed by atoms with Gasteiger partial charge in [0.2, 0.25) is 0 Å². The summed E-state index contributed by atoms with van der Waals surface area (Å²) in [6, 6.07) is 7.40. The number of ether oxygens (including phenoxy) is 2. The van der Waals surface area contributed by atoms with E-state index in [1.165, 1.54) is 6.92 Å². The van der Waals surface area contributed by atoms with Gasteiger partial charge in [-0.15, -0.1) is 0 Å². The molecule has 1 aromatic rings. The van der Waals surface area contributed by atoms with Crippen LogP contribution in [0.2, 0.25) is 0 Å². The quantitative estimate of drug-likeness (QED) is 0.606. The minimum absolute atomic E-state index is 0.130. The number of hydrogen-bond donors (Lipinski definition) is 1. The van der Waals surface area contributed by atoms with Crippen LogP contribution in [0.15, 0.2) is 24.3 Å². The van der Waals surface area contributed by atoms with Crippen molar-refractivity contribution >= 4 is 17.7 Å². The number of ketones is 1. The molecule has 27 heavy (non-hydrogen) atoms. The van der Waals surface area contributed by atoms with Crippen LogP contribution in [0.5, 0.6) is 0 Å². The second-order valence-electron chi connectivity index (χ2n) is 7.08. The summed E-state index contributed by atoms with van der Waals surface area (Å²) < 4.78 is 10.3. The maximum atomic E-state index is 12.7. The number of esters is 2. The molecule has 0 amide bonds. The summed E-state index contributed by atoms with van der Waals surface area (Å²) in [4.78, 5) is 38.0. The third kappa shape index (κ3) is 4.38. The molecule has 6 heteroatoms. The van der Waals surface area contributed by atoms with E-state index >= 15 is 0 Å². The molecule has 1 saturated carbocycles. The first-order valence-electron chi connectivity index (χ1n) is 9.43. The number of benzene rings is 1. The van der Waals surface area contributed by atoms with Gasteiger partial charge in [-0.2, -0.15) is 0 Å². The Labute approximate surface area is 159 Å². The fourth-order valence-electron chi connectivity index (χ4n) is 3.86. The summed E-state index contributed by atoms with van der Waals surface area (Å²) >= 11 is 0. The Morgan fingerprint density at radius 3 is 2.15 bits per heavy atom. The molecule has 0 heterocycles. The zero-order chi connectivity index (χ0) is 20.2. The van der Waals surface area contributed by atoms with Gasteiger partial charge < -0.3 is 14.6 Å². The van der Waals surface area contributed by atoms with Crippen molar-refractivity contribution in [2.75, 3.05) is 13.2 Å². The summed E-state index contributed by atoms with van der Waals surface area (Å²) in [5.74, 6) is -4.75. The van der Waals surface area contributed by atoms with Crippen LogP contribution in [-0.4, -0.2) is 41.6 Å². The normalized spacial score (nSPS) is 27.9. The molecule has 0 unspecified atom stereocenters. The highest BCUT2D eigenvalue weighted by molar-refractivity contribution is 6.02. The van der Waals surface area contributed by atoms with Gasteiger partial charge in [-0.25, -0.2) is 0 Å². The highest BCUT2D eigenvalue weighted by atomic mass is 16.5. The van der Waals surface area contributed by atoms with Crippen LogP contribution in [0.1, 0.15) is 51.2 Å². The SMILES string of the molecule is CCOC(=O)[C@@H]1C(=O)C[C@](C)(O)[C@@H](C(=O)OCC)[C@H]1c1ccc(CC)cc1. The Morgan fingerprint density at radius 2 is 1.63 bits per heavy atom. The highest BCUT2D eigenvalue weighted by Gasteiger charge is 2.57. The molecule has 6 nitrogen and oxygen atoms in total. The number of aryl methyl sites for hydroxylation is 1. The summed E-state index contributed by atoms with van der Waals surface area (Å²) in [7, 11) is 0. The van der Waals surface area contributed by atoms with Gasteiger partial charge in [-0.05, 0) is 38.3 Å². The second-order valence-corrected chi connectivity index (χ2v) is 7.08. The number of Topliss-reactive ketones (excluding diaryl/α,β-unsaturated/α-hetero) is 1. The Bertz CT molecular complexity index is 691. The molecule has 0 aliphatic heterocycles. The molecule has 0 bridgehead atoms. The Morgan fingerprint density at radius 1 is 1.07 bits per heavy atom. The van der Waals surface area contributed by atoms with E-state index in [2.05, 4.69) is 0 Å². The van der Waals surface area contributed by atoms with Crippen LogP contribution >= 0.6 is 0 Å². The summed E-state index contributed by atoms with van der Waals surface area (Å²) in [5.41, 5.74) is 0.116. The van der Waals surface area contributed by atoms with Crippen molar-refractivity contribution in [2.45, 2.75) is 52.1 Å². The largest absolute Gasteiger partial charge is 0.466 e. The van der Waals surface area contributed by atoms with Gasteiger partial charge in [0.25, 0.3) is 0 Å². The number of aliphatic hydroxyl groups is 1.